The zero-order valence-corrected chi connectivity index (χ0v) is 20.3. The van der Waals surface area contributed by atoms with Crippen molar-refractivity contribution < 1.29 is 9.21 Å². The smallest absolute Gasteiger partial charge is 0.222 e. The lowest BCUT2D eigenvalue weighted by Crippen LogP contribution is -2.40. The number of rotatable bonds is 9. The van der Waals surface area contributed by atoms with Crippen LogP contribution >= 0.6 is 0 Å². The number of hydrogen-bond acceptors (Lipinski definition) is 5. The molecular formula is C24H42N6O2. The predicted molar refractivity (Wildman–Crippen MR) is 128 cm³/mol. The van der Waals surface area contributed by atoms with Gasteiger partial charge in [-0.25, -0.2) is 4.98 Å². The summed E-state index contributed by atoms with van der Waals surface area (Å²) in [6, 6.07) is 0. The number of aliphatic imine (C=N–C) groups is 1. The number of nitrogens with one attached hydrogen (secondary N) is 2. The Morgan fingerprint density at radius 3 is 2.69 bits per heavy atom. The SMILES string of the molecule is CCNC(=NCC1CCN(Cc2nc(C)c(C)o2)CC1)NCCCN1CCCCCC1=O. The number of likely N-dealkylation sites (tertiary alicyclic amines) is 2. The first kappa shape index (κ1) is 24.6. The van der Waals surface area contributed by atoms with Gasteiger partial charge in [0.1, 0.15) is 5.76 Å². The summed E-state index contributed by atoms with van der Waals surface area (Å²) in [6.45, 7) is 13.3. The van der Waals surface area contributed by atoms with Gasteiger partial charge in [-0.2, -0.15) is 0 Å². The van der Waals surface area contributed by atoms with E-state index in [1.165, 1.54) is 6.42 Å². The molecule has 1 aromatic heterocycles. The highest BCUT2D eigenvalue weighted by atomic mass is 16.4. The number of carbonyl (C=O) groups is 1. The third-order valence-corrected chi connectivity index (χ3v) is 6.56. The number of hydrogen-bond donors (Lipinski definition) is 2. The molecule has 2 fully saturated rings. The summed E-state index contributed by atoms with van der Waals surface area (Å²) in [5.74, 6) is 3.58. The summed E-state index contributed by atoms with van der Waals surface area (Å²) >= 11 is 0. The number of oxazole rings is 1. The van der Waals surface area contributed by atoms with Crippen LogP contribution in [0.1, 0.15) is 69.2 Å². The fourth-order valence-electron chi connectivity index (χ4n) is 4.44. The van der Waals surface area contributed by atoms with E-state index < -0.39 is 0 Å². The quantitative estimate of drug-likeness (QED) is 0.345. The Morgan fingerprint density at radius 1 is 1.16 bits per heavy atom. The van der Waals surface area contributed by atoms with E-state index in [2.05, 4.69) is 27.4 Å². The zero-order valence-electron chi connectivity index (χ0n) is 20.3. The Morgan fingerprint density at radius 2 is 1.97 bits per heavy atom. The highest BCUT2D eigenvalue weighted by Crippen LogP contribution is 2.20. The van der Waals surface area contributed by atoms with Crippen LogP contribution in [-0.4, -0.2) is 72.5 Å². The van der Waals surface area contributed by atoms with E-state index in [-0.39, 0.29) is 0 Å². The molecule has 0 radical (unpaired) electrons. The largest absolute Gasteiger partial charge is 0.444 e. The minimum Gasteiger partial charge on any atom is -0.444 e. The molecule has 8 nitrogen and oxygen atoms in total. The maximum Gasteiger partial charge on any atom is 0.222 e. The molecule has 1 aromatic rings. The van der Waals surface area contributed by atoms with E-state index >= 15 is 0 Å². The van der Waals surface area contributed by atoms with Gasteiger partial charge in [0.25, 0.3) is 0 Å². The molecule has 0 unspecified atom stereocenters. The van der Waals surface area contributed by atoms with Crippen molar-refractivity contribution in [3.8, 4) is 0 Å². The molecule has 0 bridgehead atoms. The van der Waals surface area contributed by atoms with Gasteiger partial charge in [0.2, 0.25) is 11.8 Å². The molecule has 2 saturated heterocycles. The van der Waals surface area contributed by atoms with Crippen molar-refractivity contribution in [3.63, 3.8) is 0 Å². The Labute approximate surface area is 193 Å². The molecule has 0 saturated carbocycles. The van der Waals surface area contributed by atoms with Gasteiger partial charge in [0, 0.05) is 39.1 Å². The van der Waals surface area contributed by atoms with Gasteiger partial charge in [-0.05, 0) is 71.9 Å². The van der Waals surface area contributed by atoms with Crippen molar-refractivity contribution in [2.45, 2.75) is 72.3 Å². The first-order valence-electron chi connectivity index (χ1n) is 12.5. The molecule has 3 rings (SSSR count). The average molecular weight is 447 g/mol. The summed E-state index contributed by atoms with van der Waals surface area (Å²) in [5.41, 5.74) is 0.991. The Bertz CT molecular complexity index is 719. The van der Waals surface area contributed by atoms with Crippen molar-refractivity contribution in [2.24, 2.45) is 10.9 Å². The number of aromatic nitrogens is 1. The van der Waals surface area contributed by atoms with Crippen molar-refractivity contribution in [1.29, 1.82) is 0 Å². The Hall–Kier alpha value is -2.09. The van der Waals surface area contributed by atoms with Crippen LogP contribution in [0.4, 0.5) is 0 Å². The van der Waals surface area contributed by atoms with Gasteiger partial charge in [-0.3, -0.25) is 14.7 Å². The highest BCUT2D eigenvalue weighted by Gasteiger charge is 2.21. The molecule has 0 aromatic carbocycles. The fourth-order valence-corrected chi connectivity index (χ4v) is 4.44. The molecule has 180 valence electrons. The first-order chi connectivity index (χ1) is 15.5. The average Bonchev–Trinajstić information content (AvgIpc) is 2.96. The first-order valence-corrected chi connectivity index (χ1v) is 12.5. The van der Waals surface area contributed by atoms with Crippen molar-refractivity contribution in [1.82, 2.24) is 25.4 Å². The summed E-state index contributed by atoms with van der Waals surface area (Å²) in [6.07, 6.45) is 7.33. The van der Waals surface area contributed by atoms with Crippen molar-refractivity contribution in [2.75, 3.05) is 45.8 Å². The second-order valence-electron chi connectivity index (χ2n) is 9.16. The molecule has 1 amide bonds. The third-order valence-electron chi connectivity index (χ3n) is 6.56. The fraction of sp³-hybridized carbons (Fsp3) is 0.792. The topological polar surface area (TPSA) is 86.0 Å². The summed E-state index contributed by atoms with van der Waals surface area (Å²) in [7, 11) is 0. The molecule has 3 heterocycles. The van der Waals surface area contributed by atoms with E-state index in [9.17, 15) is 4.79 Å². The summed E-state index contributed by atoms with van der Waals surface area (Å²) < 4.78 is 5.73. The number of piperidine rings is 1. The van der Waals surface area contributed by atoms with Gasteiger partial charge in [0.15, 0.2) is 5.96 Å². The van der Waals surface area contributed by atoms with Crippen molar-refractivity contribution in [3.05, 3.63) is 17.3 Å². The van der Waals surface area contributed by atoms with Crippen LogP contribution in [-0.2, 0) is 11.3 Å². The van der Waals surface area contributed by atoms with Gasteiger partial charge in [-0.15, -0.1) is 0 Å². The second-order valence-corrected chi connectivity index (χ2v) is 9.16. The lowest BCUT2D eigenvalue weighted by molar-refractivity contribution is -0.130. The second kappa shape index (κ2) is 12.8. The van der Waals surface area contributed by atoms with E-state index in [0.717, 1.165) is 108 Å². The summed E-state index contributed by atoms with van der Waals surface area (Å²) in [5, 5.41) is 6.80. The molecule has 0 aliphatic carbocycles. The maximum absolute atomic E-state index is 12.1. The Balaban J connectivity index is 1.35. The van der Waals surface area contributed by atoms with Crippen LogP contribution in [0.25, 0.3) is 0 Å². The maximum atomic E-state index is 12.1. The molecule has 2 N–H and O–H groups in total. The standard InChI is InChI=1S/C24H42N6O2/c1-4-25-24(26-12-8-14-30-13-7-5-6-9-23(30)31)27-17-21-10-15-29(16-11-21)18-22-28-19(2)20(3)32-22/h21H,4-18H2,1-3H3,(H2,25,26,27). The van der Waals surface area contributed by atoms with Crippen LogP contribution < -0.4 is 10.6 Å². The van der Waals surface area contributed by atoms with Gasteiger partial charge >= 0.3 is 0 Å². The monoisotopic (exact) mass is 446 g/mol. The molecule has 0 spiro atoms. The van der Waals surface area contributed by atoms with Crippen LogP contribution in [0.15, 0.2) is 9.41 Å². The van der Waals surface area contributed by atoms with E-state index in [1.807, 2.05) is 18.7 Å². The van der Waals surface area contributed by atoms with E-state index in [1.54, 1.807) is 0 Å². The predicted octanol–water partition coefficient (Wildman–Crippen LogP) is 2.85. The van der Waals surface area contributed by atoms with Crippen LogP contribution in [0.3, 0.4) is 0 Å². The molecule has 8 heteroatoms. The minimum atomic E-state index is 0.322. The number of carbonyl (C=O) groups excluding carboxylic acids is 1. The number of nitrogens with zero attached hydrogens (tertiary/aromatic N) is 4. The van der Waals surface area contributed by atoms with Crippen LogP contribution in [0.2, 0.25) is 0 Å². The molecule has 2 aliphatic rings. The Kier molecular flexibility index (Phi) is 9.84. The minimum absolute atomic E-state index is 0.322. The molecular weight excluding hydrogens is 404 g/mol. The summed E-state index contributed by atoms with van der Waals surface area (Å²) in [4.78, 5) is 25.9. The number of amides is 1. The van der Waals surface area contributed by atoms with E-state index in [4.69, 9.17) is 9.41 Å². The van der Waals surface area contributed by atoms with E-state index in [0.29, 0.717) is 18.2 Å². The lowest BCUT2D eigenvalue weighted by atomic mass is 9.97. The molecule has 0 atom stereocenters. The number of aryl methyl sites for hydroxylation is 2. The van der Waals surface area contributed by atoms with Crippen LogP contribution in [0, 0.1) is 19.8 Å². The van der Waals surface area contributed by atoms with Crippen molar-refractivity contribution >= 4 is 11.9 Å². The van der Waals surface area contributed by atoms with Gasteiger partial charge < -0.3 is 20.0 Å². The third kappa shape index (κ3) is 7.80. The normalized spacial score (nSPS) is 19.3. The zero-order chi connectivity index (χ0) is 22.8. The van der Waals surface area contributed by atoms with Gasteiger partial charge in [-0.1, -0.05) is 6.42 Å². The van der Waals surface area contributed by atoms with Gasteiger partial charge in [0.05, 0.1) is 12.2 Å². The highest BCUT2D eigenvalue weighted by molar-refractivity contribution is 5.79. The van der Waals surface area contributed by atoms with Crippen LogP contribution in [0.5, 0.6) is 0 Å². The molecule has 32 heavy (non-hydrogen) atoms. The lowest BCUT2D eigenvalue weighted by Gasteiger charge is -2.30. The molecule has 2 aliphatic heterocycles. The number of guanidine groups is 1.